The van der Waals surface area contributed by atoms with E-state index in [1.807, 2.05) is 42.5 Å². The summed E-state index contributed by atoms with van der Waals surface area (Å²) in [5.41, 5.74) is 0.528. The molecule has 3 heteroatoms. The molecule has 0 heterocycles. The molecule has 3 rings (SSSR count). The van der Waals surface area contributed by atoms with Crippen molar-refractivity contribution >= 4 is 10.8 Å². The molecule has 99 valence electrons. The van der Waals surface area contributed by atoms with Gasteiger partial charge < -0.3 is 0 Å². The third-order valence-corrected chi connectivity index (χ3v) is 3.19. The molecule has 0 saturated carbocycles. The minimum absolute atomic E-state index is 0.450. The van der Waals surface area contributed by atoms with E-state index in [1.54, 1.807) is 0 Å². The summed E-state index contributed by atoms with van der Waals surface area (Å²) in [7, 11) is 0. The zero-order valence-electron chi connectivity index (χ0n) is 10.4. The van der Waals surface area contributed by atoms with E-state index in [0.717, 1.165) is 28.5 Å². The quantitative estimate of drug-likeness (QED) is 0.561. The summed E-state index contributed by atoms with van der Waals surface area (Å²) in [4.78, 5) is 0. The van der Waals surface area contributed by atoms with E-state index in [-0.39, 0.29) is 0 Å². The van der Waals surface area contributed by atoms with Crippen LogP contribution in [0.5, 0.6) is 0 Å². The van der Waals surface area contributed by atoms with Gasteiger partial charge in [0.1, 0.15) is 0 Å². The van der Waals surface area contributed by atoms with Crippen molar-refractivity contribution in [2.24, 2.45) is 0 Å². The predicted octanol–water partition coefficient (Wildman–Crippen LogP) is 5.33. The molecule has 0 spiro atoms. The molecule has 0 amide bonds. The number of alkyl halides is 3. The Morgan fingerprint density at radius 2 is 1.55 bits per heavy atom. The lowest BCUT2D eigenvalue weighted by molar-refractivity contribution is -0.137. The van der Waals surface area contributed by atoms with Crippen molar-refractivity contribution in [3.63, 3.8) is 0 Å². The van der Waals surface area contributed by atoms with Gasteiger partial charge in [-0.05, 0) is 46.2 Å². The summed E-state index contributed by atoms with van der Waals surface area (Å²) in [6, 6.07) is 19.7. The van der Waals surface area contributed by atoms with Crippen LogP contribution in [-0.2, 0) is 6.18 Å². The molecule has 0 aliphatic carbocycles. The fourth-order valence-corrected chi connectivity index (χ4v) is 2.17. The summed E-state index contributed by atoms with van der Waals surface area (Å²) < 4.78 is 38.2. The zero-order valence-corrected chi connectivity index (χ0v) is 10.4. The maximum absolute atomic E-state index is 12.7. The number of benzene rings is 3. The summed E-state index contributed by atoms with van der Waals surface area (Å²) in [6.07, 6.45) is -4.33. The van der Waals surface area contributed by atoms with Gasteiger partial charge in [0.25, 0.3) is 0 Å². The van der Waals surface area contributed by atoms with Gasteiger partial charge in [0.2, 0.25) is 0 Å². The SMILES string of the molecule is FC(F)(F)c1cc[c]c(-c2ccc3ccccc3c2)c1. The van der Waals surface area contributed by atoms with Crippen molar-refractivity contribution in [3.05, 3.63) is 72.3 Å². The molecule has 1 radical (unpaired) electrons. The fourth-order valence-electron chi connectivity index (χ4n) is 2.17. The molecule has 0 bridgehead atoms. The number of halogens is 3. The lowest BCUT2D eigenvalue weighted by Gasteiger charge is -2.09. The van der Waals surface area contributed by atoms with Gasteiger partial charge in [-0.15, -0.1) is 0 Å². The molecular formula is C17H10F3. The van der Waals surface area contributed by atoms with Crippen LogP contribution in [0.3, 0.4) is 0 Å². The minimum Gasteiger partial charge on any atom is -0.166 e. The van der Waals surface area contributed by atoms with Crippen molar-refractivity contribution < 1.29 is 13.2 Å². The highest BCUT2D eigenvalue weighted by atomic mass is 19.4. The topological polar surface area (TPSA) is 0 Å². The first-order valence-electron chi connectivity index (χ1n) is 6.12. The highest BCUT2D eigenvalue weighted by Gasteiger charge is 2.30. The number of rotatable bonds is 1. The Balaban J connectivity index is 2.11. The van der Waals surface area contributed by atoms with Gasteiger partial charge in [0, 0.05) is 0 Å². The monoisotopic (exact) mass is 271 g/mol. The van der Waals surface area contributed by atoms with E-state index < -0.39 is 11.7 Å². The lowest BCUT2D eigenvalue weighted by Crippen LogP contribution is -2.04. The summed E-state index contributed by atoms with van der Waals surface area (Å²) in [5.74, 6) is 0. The summed E-state index contributed by atoms with van der Waals surface area (Å²) in [5, 5.41) is 2.05. The molecule has 0 saturated heterocycles. The van der Waals surface area contributed by atoms with Gasteiger partial charge in [-0.3, -0.25) is 0 Å². The van der Waals surface area contributed by atoms with Crippen molar-refractivity contribution in [2.45, 2.75) is 6.18 Å². The molecule has 0 aliphatic heterocycles. The number of hydrogen-bond acceptors (Lipinski definition) is 0. The van der Waals surface area contributed by atoms with E-state index in [0.29, 0.717) is 5.56 Å². The highest BCUT2D eigenvalue weighted by molar-refractivity contribution is 5.87. The average molecular weight is 271 g/mol. The standard InChI is InChI=1S/C17H10F3/c18-17(19,20)16-7-3-6-14(11-16)15-9-8-12-4-1-2-5-13(12)10-15/h1-5,7-11H. The largest absolute Gasteiger partial charge is 0.416 e. The molecular weight excluding hydrogens is 261 g/mol. The maximum Gasteiger partial charge on any atom is 0.416 e. The van der Waals surface area contributed by atoms with Gasteiger partial charge in [-0.2, -0.15) is 13.2 Å². The third kappa shape index (κ3) is 2.39. The van der Waals surface area contributed by atoms with E-state index in [9.17, 15) is 13.2 Å². The molecule has 0 N–H and O–H groups in total. The Kier molecular flexibility index (Phi) is 2.97. The third-order valence-electron chi connectivity index (χ3n) is 3.19. The molecule has 0 aliphatic rings. The fraction of sp³-hybridized carbons (Fsp3) is 0.0588. The Morgan fingerprint density at radius 1 is 0.800 bits per heavy atom. The van der Waals surface area contributed by atoms with E-state index in [4.69, 9.17) is 0 Å². The van der Waals surface area contributed by atoms with Gasteiger partial charge in [-0.25, -0.2) is 0 Å². The second-order valence-corrected chi connectivity index (χ2v) is 4.55. The van der Waals surface area contributed by atoms with Gasteiger partial charge in [0.05, 0.1) is 5.56 Å². The summed E-state index contributed by atoms with van der Waals surface area (Å²) in [6.45, 7) is 0. The van der Waals surface area contributed by atoms with Gasteiger partial charge >= 0.3 is 6.18 Å². The van der Waals surface area contributed by atoms with Crippen LogP contribution in [-0.4, -0.2) is 0 Å². The first-order valence-corrected chi connectivity index (χ1v) is 6.12. The van der Waals surface area contributed by atoms with E-state index >= 15 is 0 Å². The Labute approximate surface area is 114 Å². The molecule has 20 heavy (non-hydrogen) atoms. The second kappa shape index (κ2) is 4.67. The van der Waals surface area contributed by atoms with Gasteiger partial charge in [-0.1, -0.05) is 42.5 Å². The smallest absolute Gasteiger partial charge is 0.166 e. The highest BCUT2D eigenvalue weighted by Crippen LogP contribution is 2.32. The minimum atomic E-state index is -4.33. The molecule has 3 aromatic carbocycles. The Hall–Kier alpha value is -2.29. The van der Waals surface area contributed by atoms with Crippen LogP contribution in [0.2, 0.25) is 0 Å². The molecule has 0 unspecified atom stereocenters. The van der Waals surface area contributed by atoms with Crippen LogP contribution in [0, 0.1) is 6.07 Å². The van der Waals surface area contributed by atoms with Crippen molar-refractivity contribution in [2.75, 3.05) is 0 Å². The summed E-state index contributed by atoms with van der Waals surface area (Å²) >= 11 is 0. The second-order valence-electron chi connectivity index (χ2n) is 4.55. The predicted molar refractivity (Wildman–Crippen MR) is 73.2 cm³/mol. The molecule has 0 fully saturated rings. The van der Waals surface area contributed by atoms with Crippen LogP contribution < -0.4 is 0 Å². The molecule has 3 aromatic rings. The number of fused-ring (bicyclic) bond motifs is 1. The van der Waals surface area contributed by atoms with Crippen LogP contribution in [0.25, 0.3) is 21.9 Å². The molecule has 0 aromatic heterocycles. The first-order chi connectivity index (χ1) is 9.54. The Bertz CT molecular complexity index is 757. The normalized spacial score (nSPS) is 11.8. The van der Waals surface area contributed by atoms with Crippen molar-refractivity contribution in [1.82, 2.24) is 0 Å². The number of hydrogen-bond donors (Lipinski definition) is 0. The van der Waals surface area contributed by atoms with Crippen LogP contribution in [0.4, 0.5) is 13.2 Å². The Morgan fingerprint density at radius 3 is 2.30 bits per heavy atom. The maximum atomic E-state index is 12.7. The van der Waals surface area contributed by atoms with Gasteiger partial charge in [0.15, 0.2) is 0 Å². The molecule has 0 nitrogen and oxygen atoms in total. The van der Waals surface area contributed by atoms with E-state index in [1.165, 1.54) is 6.07 Å². The zero-order chi connectivity index (χ0) is 14.2. The van der Waals surface area contributed by atoms with Crippen LogP contribution in [0.15, 0.2) is 60.7 Å². The average Bonchev–Trinajstić information content (AvgIpc) is 2.46. The lowest BCUT2D eigenvalue weighted by atomic mass is 10.00. The van der Waals surface area contributed by atoms with Crippen LogP contribution in [0.1, 0.15) is 5.56 Å². The molecule has 0 atom stereocenters. The van der Waals surface area contributed by atoms with E-state index in [2.05, 4.69) is 6.07 Å². The van der Waals surface area contributed by atoms with Crippen molar-refractivity contribution in [3.8, 4) is 11.1 Å². The van der Waals surface area contributed by atoms with Crippen molar-refractivity contribution in [1.29, 1.82) is 0 Å². The van der Waals surface area contributed by atoms with Crippen LogP contribution >= 0.6 is 0 Å². The first kappa shape index (κ1) is 12.7.